The quantitative estimate of drug-likeness (QED) is 0.523. The zero-order chi connectivity index (χ0) is 9.97. The third-order valence-electron chi connectivity index (χ3n) is 2.51. The number of aromatic nitrogens is 2. The van der Waals surface area contributed by atoms with Crippen LogP contribution in [0.4, 0.5) is 0 Å². The highest BCUT2D eigenvalue weighted by Crippen LogP contribution is 2.28. The molecule has 1 aliphatic rings. The van der Waals surface area contributed by atoms with Crippen molar-refractivity contribution in [1.29, 1.82) is 0 Å². The highest BCUT2D eigenvalue weighted by Gasteiger charge is 2.14. The Morgan fingerprint density at radius 2 is 2.21 bits per heavy atom. The first-order valence-electron chi connectivity index (χ1n) is 4.92. The average molecular weight is 209 g/mol. The normalized spacial score (nSPS) is 21.1. The number of hydrogen-bond acceptors (Lipinski definition) is 2. The van der Waals surface area contributed by atoms with E-state index >= 15 is 0 Å². The highest BCUT2D eigenvalue weighted by atomic mass is 35.5. The monoisotopic (exact) mass is 208 g/mol. The number of hydrogen-bond donors (Lipinski definition) is 0. The SMILES string of the molecule is Cc1nc(Cl)cc(C2CC=CCC2)n1. The van der Waals surface area contributed by atoms with E-state index < -0.39 is 0 Å². The maximum absolute atomic E-state index is 5.90. The van der Waals surface area contributed by atoms with Crippen molar-refractivity contribution in [2.75, 3.05) is 0 Å². The lowest BCUT2D eigenvalue weighted by atomic mass is 9.91. The molecular weight excluding hydrogens is 196 g/mol. The minimum absolute atomic E-state index is 0.527. The third kappa shape index (κ3) is 2.13. The molecule has 3 heteroatoms. The van der Waals surface area contributed by atoms with E-state index in [9.17, 15) is 0 Å². The second-order valence-electron chi connectivity index (χ2n) is 3.64. The van der Waals surface area contributed by atoms with Gasteiger partial charge >= 0.3 is 0 Å². The van der Waals surface area contributed by atoms with Crippen LogP contribution in [0.25, 0.3) is 0 Å². The van der Waals surface area contributed by atoms with Gasteiger partial charge in [0.25, 0.3) is 0 Å². The van der Waals surface area contributed by atoms with Crippen LogP contribution in [0.5, 0.6) is 0 Å². The predicted molar refractivity (Wildman–Crippen MR) is 57.5 cm³/mol. The van der Waals surface area contributed by atoms with Crippen LogP contribution in [0.2, 0.25) is 5.15 Å². The minimum Gasteiger partial charge on any atom is -0.238 e. The molecule has 2 rings (SSSR count). The summed E-state index contributed by atoms with van der Waals surface area (Å²) < 4.78 is 0. The molecule has 0 aromatic carbocycles. The number of halogens is 1. The van der Waals surface area contributed by atoms with Crippen LogP contribution in [-0.2, 0) is 0 Å². The maximum atomic E-state index is 5.90. The molecule has 0 bridgehead atoms. The van der Waals surface area contributed by atoms with Crippen LogP contribution in [0.1, 0.15) is 36.7 Å². The Morgan fingerprint density at radius 3 is 2.86 bits per heavy atom. The molecule has 0 amide bonds. The zero-order valence-corrected chi connectivity index (χ0v) is 8.96. The number of nitrogens with zero attached hydrogens (tertiary/aromatic N) is 2. The fourth-order valence-electron chi connectivity index (χ4n) is 1.82. The van der Waals surface area contributed by atoms with Crippen molar-refractivity contribution in [2.24, 2.45) is 0 Å². The first-order chi connectivity index (χ1) is 6.75. The highest BCUT2D eigenvalue weighted by molar-refractivity contribution is 6.29. The Hall–Kier alpha value is -0.890. The molecule has 1 aliphatic carbocycles. The van der Waals surface area contributed by atoms with Gasteiger partial charge in [-0.2, -0.15) is 0 Å². The van der Waals surface area contributed by atoms with Gasteiger partial charge in [-0.3, -0.25) is 0 Å². The van der Waals surface area contributed by atoms with E-state index in [1.807, 2.05) is 13.0 Å². The van der Waals surface area contributed by atoms with Gasteiger partial charge in [-0.1, -0.05) is 23.8 Å². The molecule has 0 N–H and O–H groups in total. The maximum Gasteiger partial charge on any atom is 0.133 e. The molecule has 1 aromatic heterocycles. The summed E-state index contributed by atoms with van der Waals surface area (Å²) in [7, 11) is 0. The second-order valence-corrected chi connectivity index (χ2v) is 4.03. The van der Waals surface area contributed by atoms with Gasteiger partial charge in [0.1, 0.15) is 11.0 Å². The van der Waals surface area contributed by atoms with E-state index in [2.05, 4.69) is 22.1 Å². The van der Waals surface area contributed by atoms with Crippen molar-refractivity contribution in [3.05, 3.63) is 34.9 Å². The van der Waals surface area contributed by atoms with Gasteiger partial charge in [-0.15, -0.1) is 0 Å². The lowest BCUT2D eigenvalue weighted by molar-refractivity contribution is 0.597. The molecule has 1 atom stereocenters. The fraction of sp³-hybridized carbons (Fsp3) is 0.455. The summed E-state index contributed by atoms with van der Waals surface area (Å²) in [5, 5.41) is 0.557. The van der Waals surface area contributed by atoms with Crippen molar-refractivity contribution in [2.45, 2.75) is 32.1 Å². The smallest absolute Gasteiger partial charge is 0.133 e. The Bertz CT molecular complexity index is 340. The number of rotatable bonds is 1. The summed E-state index contributed by atoms with van der Waals surface area (Å²) in [5.74, 6) is 1.29. The molecule has 0 fully saturated rings. The Labute approximate surface area is 89.0 Å². The van der Waals surface area contributed by atoms with Crippen LogP contribution in [-0.4, -0.2) is 9.97 Å². The number of aryl methyl sites for hydroxylation is 1. The van der Waals surface area contributed by atoms with Crippen LogP contribution < -0.4 is 0 Å². The predicted octanol–water partition coefficient (Wildman–Crippen LogP) is 3.26. The van der Waals surface area contributed by atoms with Crippen molar-refractivity contribution < 1.29 is 0 Å². The summed E-state index contributed by atoms with van der Waals surface area (Å²) in [6, 6.07) is 1.89. The van der Waals surface area contributed by atoms with Crippen LogP contribution in [0.15, 0.2) is 18.2 Å². The first-order valence-corrected chi connectivity index (χ1v) is 5.29. The topological polar surface area (TPSA) is 25.8 Å². The molecule has 0 aliphatic heterocycles. The molecule has 0 saturated carbocycles. The molecule has 1 heterocycles. The second kappa shape index (κ2) is 4.09. The molecule has 0 saturated heterocycles. The van der Waals surface area contributed by atoms with Crippen LogP contribution in [0.3, 0.4) is 0 Å². The molecule has 14 heavy (non-hydrogen) atoms. The van der Waals surface area contributed by atoms with Gasteiger partial charge in [0, 0.05) is 11.6 Å². The molecule has 0 spiro atoms. The Kier molecular flexibility index (Phi) is 2.82. The van der Waals surface area contributed by atoms with Gasteiger partial charge < -0.3 is 0 Å². The lowest BCUT2D eigenvalue weighted by Gasteiger charge is -2.17. The van der Waals surface area contributed by atoms with Gasteiger partial charge in [-0.05, 0) is 32.3 Å². The Morgan fingerprint density at radius 1 is 1.36 bits per heavy atom. The summed E-state index contributed by atoms with van der Waals surface area (Å²) in [6.45, 7) is 1.88. The van der Waals surface area contributed by atoms with Gasteiger partial charge in [0.2, 0.25) is 0 Å². The van der Waals surface area contributed by atoms with Crippen LogP contribution in [0, 0.1) is 6.92 Å². The molecule has 0 radical (unpaired) electrons. The van der Waals surface area contributed by atoms with E-state index in [0.717, 1.165) is 24.4 Å². The molecule has 2 nitrogen and oxygen atoms in total. The molecule has 1 unspecified atom stereocenters. The van der Waals surface area contributed by atoms with Gasteiger partial charge in [-0.25, -0.2) is 9.97 Å². The lowest BCUT2D eigenvalue weighted by Crippen LogP contribution is -2.05. The average Bonchev–Trinajstić information content (AvgIpc) is 2.18. The molecule has 74 valence electrons. The van der Waals surface area contributed by atoms with Crippen molar-refractivity contribution >= 4 is 11.6 Å². The third-order valence-corrected chi connectivity index (χ3v) is 2.71. The standard InChI is InChI=1S/C11H13ClN2/c1-8-13-10(7-11(12)14-8)9-5-3-2-4-6-9/h2-3,7,9H,4-6H2,1H3. The van der Waals surface area contributed by atoms with Crippen molar-refractivity contribution in [3.63, 3.8) is 0 Å². The van der Waals surface area contributed by atoms with Crippen molar-refractivity contribution in [3.8, 4) is 0 Å². The summed E-state index contributed by atoms with van der Waals surface area (Å²) >= 11 is 5.90. The van der Waals surface area contributed by atoms with Crippen molar-refractivity contribution in [1.82, 2.24) is 9.97 Å². The number of allylic oxidation sites excluding steroid dienone is 2. The zero-order valence-electron chi connectivity index (χ0n) is 8.20. The summed E-state index contributed by atoms with van der Waals surface area (Å²) in [4.78, 5) is 8.49. The largest absolute Gasteiger partial charge is 0.238 e. The Balaban J connectivity index is 2.26. The summed E-state index contributed by atoms with van der Waals surface area (Å²) in [5.41, 5.74) is 1.09. The fourth-order valence-corrected chi connectivity index (χ4v) is 2.06. The van der Waals surface area contributed by atoms with Crippen LogP contribution >= 0.6 is 11.6 Å². The van der Waals surface area contributed by atoms with E-state index in [4.69, 9.17) is 11.6 Å². The summed E-state index contributed by atoms with van der Waals surface area (Å²) in [6.07, 6.45) is 7.84. The van der Waals surface area contributed by atoms with Gasteiger partial charge in [0.15, 0.2) is 0 Å². The van der Waals surface area contributed by atoms with E-state index in [-0.39, 0.29) is 0 Å². The van der Waals surface area contributed by atoms with Gasteiger partial charge in [0.05, 0.1) is 0 Å². The van der Waals surface area contributed by atoms with E-state index in [0.29, 0.717) is 11.1 Å². The van der Waals surface area contributed by atoms with E-state index in [1.165, 1.54) is 6.42 Å². The molecule has 1 aromatic rings. The molecular formula is C11H13ClN2. The van der Waals surface area contributed by atoms with E-state index in [1.54, 1.807) is 0 Å². The first kappa shape index (κ1) is 9.66. The minimum atomic E-state index is 0.527.